The number of ether oxygens (including phenoxy) is 3. The van der Waals surface area contributed by atoms with E-state index in [1.165, 1.54) is 19.3 Å². The first-order valence-corrected chi connectivity index (χ1v) is 13.6. The molecule has 2 amide bonds. The number of fused-ring (bicyclic) bond motifs is 4. The lowest BCUT2D eigenvalue weighted by molar-refractivity contribution is -0.148. The number of aliphatic hydroxyl groups is 1. The van der Waals surface area contributed by atoms with Gasteiger partial charge in [0.05, 0.1) is 44.4 Å². The van der Waals surface area contributed by atoms with Gasteiger partial charge in [-0.2, -0.15) is 0 Å². The zero-order valence-electron chi connectivity index (χ0n) is 21.0. The predicted octanol–water partition coefficient (Wildman–Crippen LogP) is 2.04. The third-order valence-corrected chi connectivity index (χ3v) is 7.95. The van der Waals surface area contributed by atoms with E-state index in [0.29, 0.717) is 31.9 Å². The van der Waals surface area contributed by atoms with Crippen LogP contribution < -0.4 is 15.4 Å². The number of aliphatic hydroxyl groups excluding tert-OH is 1. The maximum Gasteiger partial charge on any atom is 0.230 e. The van der Waals surface area contributed by atoms with Gasteiger partial charge in [0, 0.05) is 43.1 Å². The van der Waals surface area contributed by atoms with Crippen molar-refractivity contribution in [3.8, 4) is 5.75 Å². The van der Waals surface area contributed by atoms with Crippen LogP contribution in [0.25, 0.3) is 0 Å². The van der Waals surface area contributed by atoms with Gasteiger partial charge in [0.25, 0.3) is 0 Å². The molecule has 0 saturated carbocycles. The summed E-state index contributed by atoms with van der Waals surface area (Å²) in [6.45, 7) is 4.76. The topological polar surface area (TPSA) is 109 Å². The SMILES string of the molecule is O=C(C[C@@H]1C[C@@H]2c3cc(ccc3OC3CCOCC3)NC(=O)[C@@H]2[C@H](CO)O1)NCCN1CCCCC1. The van der Waals surface area contributed by atoms with Crippen LogP contribution in [0, 0.1) is 5.92 Å². The quantitative estimate of drug-likeness (QED) is 0.500. The number of anilines is 1. The van der Waals surface area contributed by atoms with Gasteiger partial charge in [-0.05, 0) is 50.6 Å². The van der Waals surface area contributed by atoms with Gasteiger partial charge in [0.15, 0.2) is 0 Å². The van der Waals surface area contributed by atoms with E-state index in [1.807, 2.05) is 18.2 Å². The first-order chi connectivity index (χ1) is 17.6. The summed E-state index contributed by atoms with van der Waals surface area (Å²) in [5, 5.41) is 16.1. The average molecular weight is 502 g/mol. The summed E-state index contributed by atoms with van der Waals surface area (Å²) in [5.41, 5.74) is 1.66. The molecule has 0 spiro atoms. The van der Waals surface area contributed by atoms with Gasteiger partial charge < -0.3 is 34.9 Å². The minimum Gasteiger partial charge on any atom is -0.490 e. The Bertz CT molecular complexity index is 915. The van der Waals surface area contributed by atoms with Crippen LogP contribution in [0.5, 0.6) is 5.75 Å². The molecule has 4 heterocycles. The summed E-state index contributed by atoms with van der Waals surface area (Å²) in [4.78, 5) is 28.3. The molecule has 5 rings (SSSR count). The normalized spacial score (nSPS) is 29.1. The van der Waals surface area contributed by atoms with Crippen LogP contribution >= 0.6 is 0 Å². The molecule has 3 fully saturated rings. The van der Waals surface area contributed by atoms with Crippen molar-refractivity contribution in [3.05, 3.63) is 23.8 Å². The molecule has 3 N–H and O–H groups in total. The number of amides is 2. The van der Waals surface area contributed by atoms with Crippen molar-refractivity contribution >= 4 is 17.5 Å². The van der Waals surface area contributed by atoms with E-state index < -0.39 is 12.0 Å². The van der Waals surface area contributed by atoms with Crippen LogP contribution in [0.2, 0.25) is 0 Å². The van der Waals surface area contributed by atoms with Gasteiger partial charge in [-0.1, -0.05) is 6.42 Å². The van der Waals surface area contributed by atoms with Crippen molar-refractivity contribution in [2.75, 3.05) is 51.3 Å². The number of likely N-dealkylation sites (tertiary alicyclic amines) is 1. The van der Waals surface area contributed by atoms with E-state index in [4.69, 9.17) is 14.2 Å². The summed E-state index contributed by atoms with van der Waals surface area (Å²) in [7, 11) is 0. The van der Waals surface area contributed by atoms with Gasteiger partial charge in [-0.25, -0.2) is 0 Å². The van der Waals surface area contributed by atoms with E-state index in [0.717, 1.165) is 43.8 Å². The first-order valence-electron chi connectivity index (χ1n) is 13.6. The van der Waals surface area contributed by atoms with E-state index >= 15 is 0 Å². The number of nitrogens with one attached hydrogen (secondary N) is 2. The second-order valence-corrected chi connectivity index (χ2v) is 10.5. The number of benzene rings is 1. The van der Waals surface area contributed by atoms with Crippen LogP contribution in [-0.2, 0) is 19.1 Å². The van der Waals surface area contributed by atoms with Crippen molar-refractivity contribution in [2.24, 2.45) is 5.92 Å². The Balaban J connectivity index is 1.27. The van der Waals surface area contributed by atoms with E-state index in [1.54, 1.807) is 0 Å². The Hall–Kier alpha value is -2.20. The molecular weight excluding hydrogens is 462 g/mol. The smallest absolute Gasteiger partial charge is 0.230 e. The largest absolute Gasteiger partial charge is 0.490 e. The second-order valence-electron chi connectivity index (χ2n) is 10.5. The lowest BCUT2D eigenvalue weighted by atomic mass is 9.76. The fourth-order valence-corrected chi connectivity index (χ4v) is 6.07. The number of carbonyl (C=O) groups is 2. The second kappa shape index (κ2) is 11.9. The minimum atomic E-state index is -0.680. The number of piperidine rings is 1. The number of hydrogen-bond acceptors (Lipinski definition) is 7. The third-order valence-electron chi connectivity index (χ3n) is 7.95. The molecule has 1 aromatic rings. The highest BCUT2D eigenvalue weighted by Crippen LogP contribution is 2.46. The summed E-state index contributed by atoms with van der Waals surface area (Å²) in [5.74, 6) is -0.218. The zero-order valence-corrected chi connectivity index (χ0v) is 21.0. The molecule has 9 heteroatoms. The molecule has 4 atom stereocenters. The molecule has 36 heavy (non-hydrogen) atoms. The molecule has 0 unspecified atom stereocenters. The number of nitrogens with zero attached hydrogens (tertiary/aromatic N) is 1. The van der Waals surface area contributed by atoms with Crippen molar-refractivity contribution < 1.29 is 28.9 Å². The molecule has 0 aliphatic carbocycles. The Kier molecular flexibility index (Phi) is 8.41. The lowest BCUT2D eigenvalue weighted by Gasteiger charge is -2.40. The molecule has 4 aliphatic heterocycles. The fourth-order valence-electron chi connectivity index (χ4n) is 6.07. The highest BCUT2D eigenvalue weighted by atomic mass is 16.5. The summed E-state index contributed by atoms with van der Waals surface area (Å²) < 4.78 is 18.0. The Labute approximate surface area is 212 Å². The highest BCUT2D eigenvalue weighted by Gasteiger charge is 2.46. The van der Waals surface area contributed by atoms with Crippen LogP contribution in [0.1, 0.15) is 56.4 Å². The van der Waals surface area contributed by atoms with Gasteiger partial charge in [0.2, 0.25) is 11.8 Å². The average Bonchev–Trinajstić information content (AvgIpc) is 3.00. The molecule has 2 bridgehead atoms. The molecule has 4 aliphatic rings. The minimum absolute atomic E-state index is 0.0577. The summed E-state index contributed by atoms with van der Waals surface area (Å²) in [6.07, 6.45) is 5.13. The number of carbonyl (C=O) groups excluding carboxylic acids is 2. The van der Waals surface area contributed by atoms with E-state index in [-0.39, 0.29) is 43.0 Å². The van der Waals surface area contributed by atoms with Crippen molar-refractivity contribution in [1.29, 1.82) is 0 Å². The highest BCUT2D eigenvalue weighted by molar-refractivity contribution is 5.95. The standard InChI is InChI=1S/C27H39N3O6/c31-17-24-26-22(15-20(36-24)16-25(32)28-8-11-30-9-2-1-3-10-30)21-14-18(29-27(26)33)4-5-23(21)35-19-6-12-34-13-7-19/h4-5,14,19-20,22,24,26,31H,1-3,6-13,15-17H2,(H,28,32)(H,29,33)/t20-,22+,24-,26-/m0/s1. The monoisotopic (exact) mass is 501 g/mol. The van der Waals surface area contributed by atoms with Gasteiger partial charge >= 0.3 is 0 Å². The summed E-state index contributed by atoms with van der Waals surface area (Å²) in [6, 6.07) is 5.76. The maximum atomic E-state index is 13.1. The van der Waals surface area contributed by atoms with E-state index in [2.05, 4.69) is 15.5 Å². The van der Waals surface area contributed by atoms with Gasteiger partial charge in [0.1, 0.15) is 11.9 Å². The number of hydrogen-bond donors (Lipinski definition) is 3. The van der Waals surface area contributed by atoms with Crippen molar-refractivity contribution in [2.45, 2.75) is 69.2 Å². The van der Waals surface area contributed by atoms with Crippen LogP contribution in [-0.4, -0.2) is 86.1 Å². The first kappa shape index (κ1) is 25.4. The Morgan fingerprint density at radius 3 is 2.78 bits per heavy atom. The van der Waals surface area contributed by atoms with Gasteiger partial charge in [-0.15, -0.1) is 0 Å². The Morgan fingerprint density at radius 1 is 1.19 bits per heavy atom. The summed E-state index contributed by atoms with van der Waals surface area (Å²) >= 11 is 0. The maximum absolute atomic E-state index is 13.1. The van der Waals surface area contributed by atoms with Crippen molar-refractivity contribution in [1.82, 2.24) is 10.2 Å². The number of rotatable bonds is 8. The third kappa shape index (κ3) is 6.02. The lowest BCUT2D eigenvalue weighted by Crippen LogP contribution is -2.48. The fraction of sp³-hybridized carbons (Fsp3) is 0.704. The predicted molar refractivity (Wildman–Crippen MR) is 134 cm³/mol. The molecule has 3 saturated heterocycles. The van der Waals surface area contributed by atoms with Crippen molar-refractivity contribution in [3.63, 3.8) is 0 Å². The molecule has 1 aromatic carbocycles. The zero-order chi connectivity index (χ0) is 24.9. The Morgan fingerprint density at radius 2 is 2.00 bits per heavy atom. The van der Waals surface area contributed by atoms with Crippen LogP contribution in [0.3, 0.4) is 0 Å². The van der Waals surface area contributed by atoms with E-state index in [9.17, 15) is 14.7 Å². The molecule has 198 valence electrons. The van der Waals surface area contributed by atoms with Crippen LogP contribution in [0.4, 0.5) is 5.69 Å². The van der Waals surface area contributed by atoms with Gasteiger partial charge in [-0.3, -0.25) is 9.59 Å². The van der Waals surface area contributed by atoms with Crippen LogP contribution in [0.15, 0.2) is 18.2 Å². The molecule has 0 aromatic heterocycles. The molecule has 9 nitrogen and oxygen atoms in total. The molecular formula is C27H39N3O6. The molecule has 0 radical (unpaired) electrons.